The van der Waals surface area contributed by atoms with Gasteiger partial charge in [-0.1, -0.05) is 11.6 Å². The van der Waals surface area contributed by atoms with Gasteiger partial charge in [-0.3, -0.25) is 14.8 Å². The molecule has 25 heavy (non-hydrogen) atoms. The van der Waals surface area contributed by atoms with E-state index in [0.29, 0.717) is 11.6 Å². The Morgan fingerprint density at radius 1 is 1.04 bits per heavy atom. The molecule has 0 atom stereocenters. The standard InChI is InChI=1S/C19H23ClFN3O/c1-25-19-17(20)11-16(12-18(19)21)14-24-8-2-7-23(9-10-24)13-15-3-5-22-6-4-15/h3-6,11-12H,2,7-10,13-14H2,1H3. The Morgan fingerprint density at radius 3 is 2.28 bits per heavy atom. The van der Waals surface area contributed by atoms with Crippen LogP contribution in [-0.4, -0.2) is 48.1 Å². The number of nitrogens with zero attached hydrogens (tertiary/aromatic N) is 3. The van der Waals surface area contributed by atoms with Crippen LogP contribution in [0.4, 0.5) is 4.39 Å². The molecule has 0 N–H and O–H groups in total. The average molecular weight is 364 g/mol. The van der Waals surface area contributed by atoms with Gasteiger partial charge in [0, 0.05) is 38.6 Å². The van der Waals surface area contributed by atoms with E-state index in [1.807, 2.05) is 12.4 Å². The smallest absolute Gasteiger partial charge is 0.173 e. The molecule has 2 heterocycles. The largest absolute Gasteiger partial charge is 0.492 e. The molecule has 2 aromatic rings. The van der Waals surface area contributed by atoms with Gasteiger partial charge in [-0.05, 0) is 54.9 Å². The molecule has 1 fully saturated rings. The molecule has 0 saturated carbocycles. The van der Waals surface area contributed by atoms with E-state index < -0.39 is 5.82 Å². The number of halogens is 2. The molecule has 4 nitrogen and oxygen atoms in total. The summed E-state index contributed by atoms with van der Waals surface area (Å²) in [6.07, 6.45) is 4.76. The first-order valence-electron chi connectivity index (χ1n) is 8.51. The monoisotopic (exact) mass is 363 g/mol. The van der Waals surface area contributed by atoms with Gasteiger partial charge in [0.15, 0.2) is 11.6 Å². The van der Waals surface area contributed by atoms with Crippen LogP contribution in [0.15, 0.2) is 36.7 Å². The van der Waals surface area contributed by atoms with Crippen molar-refractivity contribution in [2.75, 3.05) is 33.3 Å². The quantitative estimate of drug-likeness (QED) is 0.811. The van der Waals surface area contributed by atoms with Crippen molar-refractivity contribution in [1.82, 2.24) is 14.8 Å². The Bertz CT molecular complexity index is 675. The maximum Gasteiger partial charge on any atom is 0.173 e. The normalized spacial score (nSPS) is 16.6. The van der Waals surface area contributed by atoms with Crippen LogP contribution >= 0.6 is 11.6 Å². The van der Waals surface area contributed by atoms with Crippen LogP contribution in [0.25, 0.3) is 0 Å². The molecule has 1 aliphatic heterocycles. The zero-order valence-electron chi connectivity index (χ0n) is 14.4. The van der Waals surface area contributed by atoms with Crippen LogP contribution in [0.3, 0.4) is 0 Å². The van der Waals surface area contributed by atoms with Crippen molar-refractivity contribution in [3.8, 4) is 5.75 Å². The second-order valence-electron chi connectivity index (χ2n) is 6.35. The van der Waals surface area contributed by atoms with Crippen LogP contribution in [0, 0.1) is 5.82 Å². The third kappa shape index (κ3) is 4.91. The summed E-state index contributed by atoms with van der Waals surface area (Å²) < 4.78 is 19.0. The molecule has 0 aliphatic carbocycles. The van der Waals surface area contributed by atoms with Gasteiger partial charge in [0.25, 0.3) is 0 Å². The molecule has 0 bridgehead atoms. The predicted octanol–water partition coefficient (Wildman–Crippen LogP) is 3.59. The van der Waals surface area contributed by atoms with Gasteiger partial charge in [0.1, 0.15) is 0 Å². The van der Waals surface area contributed by atoms with E-state index in [-0.39, 0.29) is 5.75 Å². The van der Waals surface area contributed by atoms with E-state index in [4.69, 9.17) is 16.3 Å². The second kappa shape index (κ2) is 8.61. The summed E-state index contributed by atoms with van der Waals surface area (Å²) >= 11 is 6.10. The lowest BCUT2D eigenvalue weighted by atomic mass is 10.2. The number of rotatable bonds is 5. The van der Waals surface area contributed by atoms with E-state index in [9.17, 15) is 4.39 Å². The molecule has 3 rings (SSSR count). The van der Waals surface area contributed by atoms with Gasteiger partial charge >= 0.3 is 0 Å². The van der Waals surface area contributed by atoms with Crippen molar-refractivity contribution in [1.29, 1.82) is 0 Å². The molecule has 6 heteroatoms. The number of benzene rings is 1. The lowest BCUT2D eigenvalue weighted by Crippen LogP contribution is -2.30. The molecular weight excluding hydrogens is 341 g/mol. The third-order valence-corrected chi connectivity index (χ3v) is 4.79. The van der Waals surface area contributed by atoms with Gasteiger partial charge in [0.05, 0.1) is 12.1 Å². The number of hydrogen-bond donors (Lipinski definition) is 0. The summed E-state index contributed by atoms with van der Waals surface area (Å²) in [5, 5.41) is 0.326. The fourth-order valence-electron chi connectivity index (χ4n) is 3.24. The lowest BCUT2D eigenvalue weighted by molar-refractivity contribution is 0.247. The minimum Gasteiger partial charge on any atom is -0.492 e. The summed E-state index contributed by atoms with van der Waals surface area (Å²) in [4.78, 5) is 8.87. The van der Waals surface area contributed by atoms with Gasteiger partial charge < -0.3 is 4.74 Å². The Hall–Kier alpha value is -1.69. The molecular formula is C19H23ClFN3O. The molecule has 1 aliphatic rings. The van der Waals surface area contributed by atoms with Gasteiger partial charge in [-0.25, -0.2) is 4.39 Å². The van der Waals surface area contributed by atoms with Crippen LogP contribution < -0.4 is 4.74 Å². The number of aromatic nitrogens is 1. The summed E-state index contributed by atoms with van der Waals surface area (Å²) in [7, 11) is 1.43. The van der Waals surface area contributed by atoms with Crippen molar-refractivity contribution in [2.45, 2.75) is 19.5 Å². The summed E-state index contributed by atoms with van der Waals surface area (Å²) in [5.41, 5.74) is 2.17. The first kappa shape index (κ1) is 18.1. The highest BCUT2D eigenvalue weighted by molar-refractivity contribution is 6.32. The van der Waals surface area contributed by atoms with Crippen molar-refractivity contribution >= 4 is 11.6 Å². The van der Waals surface area contributed by atoms with Gasteiger partial charge in [0.2, 0.25) is 0 Å². The topological polar surface area (TPSA) is 28.6 Å². The fraction of sp³-hybridized carbons (Fsp3) is 0.421. The fourth-order valence-corrected chi connectivity index (χ4v) is 3.55. The number of hydrogen-bond acceptors (Lipinski definition) is 4. The predicted molar refractivity (Wildman–Crippen MR) is 97.4 cm³/mol. The molecule has 1 aromatic heterocycles. The van der Waals surface area contributed by atoms with Crippen molar-refractivity contribution < 1.29 is 9.13 Å². The highest BCUT2D eigenvalue weighted by Gasteiger charge is 2.17. The Morgan fingerprint density at radius 2 is 1.68 bits per heavy atom. The summed E-state index contributed by atoms with van der Waals surface area (Å²) in [5.74, 6) is -0.288. The van der Waals surface area contributed by atoms with E-state index in [0.717, 1.165) is 44.7 Å². The zero-order valence-corrected chi connectivity index (χ0v) is 15.2. The van der Waals surface area contributed by atoms with Crippen LogP contribution in [-0.2, 0) is 13.1 Å². The lowest BCUT2D eigenvalue weighted by Gasteiger charge is -2.22. The highest BCUT2D eigenvalue weighted by atomic mass is 35.5. The first-order valence-corrected chi connectivity index (χ1v) is 8.89. The van der Waals surface area contributed by atoms with Crippen LogP contribution in [0.1, 0.15) is 17.5 Å². The minimum absolute atomic E-state index is 0.116. The number of ether oxygens (including phenoxy) is 1. The Kier molecular flexibility index (Phi) is 6.24. The second-order valence-corrected chi connectivity index (χ2v) is 6.76. The summed E-state index contributed by atoms with van der Waals surface area (Å²) in [6.45, 7) is 5.66. The molecule has 0 unspecified atom stereocenters. The van der Waals surface area contributed by atoms with Gasteiger partial charge in [-0.15, -0.1) is 0 Å². The Labute approximate surface area is 153 Å². The number of pyridine rings is 1. The van der Waals surface area contributed by atoms with Gasteiger partial charge in [-0.2, -0.15) is 0 Å². The van der Waals surface area contributed by atoms with Crippen molar-refractivity contribution in [3.05, 3.63) is 58.6 Å². The van der Waals surface area contributed by atoms with E-state index in [1.165, 1.54) is 18.7 Å². The first-order chi connectivity index (χ1) is 12.2. The minimum atomic E-state index is -0.404. The van der Waals surface area contributed by atoms with E-state index >= 15 is 0 Å². The number of methoxy groups -OCH3 is 1. The van der Waals surface area contributed by atoms with E-state index in [1.54, 1.807) is 6.07 Å². The third-order valence-electron chi connectivity index (χ3n) is 4.51. The van der Waals surface area contributed by atoms with Crippen LogP contribution in [0.5, 0.6) is 5.75 Å². The SMILES string of the molecule is COc1c(F)cc(CN2CCCN(Cc3ccncc3)CC2)cc1Cl. The maximum absolute atomic E-state index is 14.0. The molecule has 0 amide bonds. The summed E-state index contributed by atoms with van der Waals surface area (Å²) in [6, 6.07) is 7.43. The Balaban J connectivity index is 1.58. The maximum atomic E-state index is 14.0. The zero-order chi connectivity index (χ0) is 17.6. The van der Waals surface area contributed by atoms with Crippen LogP contribution in [0.2, 0.25) is 5.02 Å². The molecule has 1 aromatic carbocycles. The molecule has 0 radical (unpaired) electrons. The molecule has 0 spiro atoms. The van der Waals surface area contributed by atoms with E-state index in [2.05, 4.69) is 26.9 Å². The highest BCUT2D eigenvalue weighted by Crippen LogP contribution is 2.29. The average Bonchev–Trinajstić information content (AvgIpc) is 2.81. The van der Waals surface area contributed by atoms with Crippen molar-refractivity contribution in [3.63, 3.8) is 0 Å². The van der Waals surface area contributed by atoms with Crippen molar-refractivity contribution in [2.24, 2.45) is 0 Å². The molecule has 134 valence electrons. The molecule has 1 saturated heterocycles.